The van der Waals surface area contributed by atoms with Gasteiger partial charge in [0.15, 0.2) is 17.1 Å². The van der Waals surface area contributed by atoms with Crippen molar-refractivity contribution in [3.05, 3.63) is 65.5 Å². The number of thioether (sulfide) groups is 1. The number of nitrogens with zero attached hydrogens (tertiary/aromatic N) is 3. The Bertz CT molecular complexity index is 1010. The zero-order chi connectivity index (χ0) is 22.4. The van der Waals surface area contributed by atoms with Gasteiger partial charge in [-0.15, -0.1) is 10.2 Å². The molecule has 0 aliphatic heterocycles. The zero-order valence-electron chi connectivity index (χ0n) is 18.8. The highest BCUT2D eigenvalue weighted by Crippen LogP contribution is 2.26. The van der Waals surface area contributed by atoms with Crippen LogP contribution >= 0.6 is 11.8 Å². The summed E-state index contributed by atoms with van der Waals surface area (Å²) in [6, 6.07) is 15.9. The van der Waals surface area contributed by atoms with Crippen molar-refractivity contribution in [2.75, 3.05) is 11.1 Å². The Morgan fingerprint density at radius 3 is 2.52 bits per heavy atom. The molecule has 1 heterocycles. The van der Waals surface area contributed by atoms with E-state index in [1.165, 1.54) is 17.3 Å². The van der Waals surface area contributed by atoms with Crippen LogP contribution in [0.3, 0.4) is 0 Å². The van der Waals surface area contributed by atoms with Crippen molar-refractivity contribution in [2.24, 2.45) is 0 Å². The summed E-state index contributed by atoms with van der Waals surface area (Å²) in [6.07, 6.45) is -0.257. The second kappa shape index (κ2) is 10.5. The number of anilines is 1. The molecule has 1 unspecified atom stereocenters. The van der Waals surface area contributed by atoms with Gasteiger partial charge in [0.2, 0.25) is 5.91 Å². The van der Waals surface area contributed by atoms with Crippen LogP contribution in [0.1, 0.15) is 56.7 Å². The van der Waals surface area contributed by atoms with E-state index in [4.69, 9.17) is 4.74 Å². The average Bonchev–Trinajstić information content (AvgIpc) is 3.16. The summed E-state index contributed by atoms with van der Waals surface area (Å²) >= 11 is 1.37. The van der Waals surface area contributed by atoms with Crippen molar-refractivity contribution in [1.29, 1.82) is 0 Å². The van der Waals surface area contributed by atoms with E-state index in [1.54, 1.807) is 0 Å². The number of carbonyl (C=O) groups is 1. The molecule has 0 bridgehead atoms. The molecule has 1 N–H and O–H groups in total. The van der Waals surface area contributed by atoms with E-state index in [2.05, 4.69) is 41.5 Å². The maximum atomic E-state index is 12.3. The molecule has 3 rings (SSSR count). The van der Waals surface area contributed by atoms with Crippen LogP contribution in [0.25, 0.3) is 0 Å². The van der Waals surface area contributed by atoms with Gasteiger partial charge in [0.05, 0.1) is 5.75 Å². The number of hydrogen-bond donors (Lipinski definition) is 1. The highest BCUT2D eigenvalue weighted by molar-refractivity contribution is 7.99. The van der Waals surface area contributed by atoms with Crippen LogP contribution in [0.15, 0.2) is 53.7 Å². The van der Waals surface area contributed by atoms with E-state index in [1.807, 2.05) is 61.7 Å². The molecule has 1 aromatic heterocycles. The van der Waals surface area contributed by atoms with Gasteiger partial charge < -0.3 is 14.6 Å². The molecule has 0 saturated carbocycles. The fraction of sp³-hybridized carbons (Fsp3) is 0.375. The number of ether oxygens (including phenoxy) is 1. The number of nitrogens with one attached hydrogen (secondary N) is 1. The number of benzene rings is 2. The van der Waals surface area contributed by atoms with Gasteiger partial charge >= 0.3 is 0 Å². The molecular formula is C24H30N4O2S. The number of hydrogen-bond acceptors (Lipinski definition) is 5. The number of aromatic nitrogens is 3. The van der Waals surface area contributed by atoms with Gasteiger partial charge in [-0.2, -0.15) is 0 Å². The summed E-state index contributed by atoms with van der Waals surface area (Å²) in [7, 11) is 0. The number of carbonyl (C=O) groups excluding carboxylic acids is 1. The van der Waals surface area contributed by atoms with E-state index < -0.39 is 0 Å². The molecule has 3 aromatic rings. The van der Waals surface area contributed by atoms with E-state index in [9.17, 15) is 4.79 Å². The normalized spacial score (nSPS) is 12.1. The summed E-state index contributed by atoms with van der Waals surface area (Å²) in [5.74, 6) is 2.22. The summed E-state index contributed by atoms with van der Waals surface area (Å²) in [5.41, 5.74) is 3.18. The van der Waals surface area contributed by atoms with E-state index >= 15 is 0 Å². The Hall–Kier alpha value is -2.80. The maximum absolute atomic E-state index is 12.3. The van der Waals surface area contributed by atoms with Gasteiger partial charge in [-0.05, 0) is 62.1 Å². The SMILES string of the molecule is CCn1c(SCC(=O)Nc2cccc(C)c2)nnc1C(C)Oc1ccc(C(C)C)cc1. The third kappa shape index (κ3) is 6.10. The Labute approximate surface area is 188 Å². The first-order valence-corrected chi connectivity index (χ1v) is 11.5. The van der Waals surface area contributed by atoms with Gasteiger partial charge in [0.25, 0.3) is 0 Å². The summed E-state index contributed by atoms with van der Waals surface area (Å²) in [5, 5.41) is 12.3. The van der Waals surface area contributed by atoms with E-state index in [0.717, 1.165) is 22.8 Å². The van der Waals surface area contributed by atoms with Gasteiger partial charge in [0.1, 0.15) is 5.75 Å². The number of aryl methyl sites for hydroxylation is 1. The lowest BCUT2D eigenvalue weighted by molar-refractivity contribution is -0.113. The van der Waals surface area contributed by atoms with E-state index in [0.29, 0.717) is 17.6 Å². The van der Waals surface area contributed by atoms with E-state index in [-0.39, 0.29) is 17.8 Å². The molecule has 0 aliphatic carbocycles. The maximum Gasteiger partial charge on any atom is 0.234 e. The van der Waals surface area contributed by atoms with Crippen LogP contribution < -0.4 is 10.1 Å². The summed E-state index contributed by atoms with van der Waals surface area (Å²) in [4.78, 5) is 12.3. The second-order valence-corrected chi connectivity index (χ2v) is 8.72. The largest absolute Gasteiger partial charge is 0.483 e. The Balaban J connectivity index is 1.62. The summed E-state index contributed by atoms with van der Waals surface area (Å²) in [6.45, 7) is 11.0. The molecule has 6 nitrogen and oxygen atoms in total. The van der Waals surface area contributed by atoms with Crippen LogP contribution in [-0.2, 0) is 11.3 Å². The molecule has 164 valence electrons. The van der Waals surface area contributed by atoms with Crippen LogP contribution in [-0.4, -0.2) is 26.4 Å². The smallest absolute Gasteiger partial charge is 0.234 e. The monoisotopic (exact) mass is 438 g/mol. The summed E-state index contributed by atoms with van der Waals surface area (Å²) < 4.78 is 8.09. The van der Waals surface area contributed by atoms with Crippen molar-refractivity contribution in [3.8, 4) is 5.75 Å². The van der Waals surface area contributed by atoms with Crippen molar-refractivity contribution in [1.82, 2.24) is 14.8 Å². The minimum atomic E-state index is -0.257. The quantitative estimate of drug-likeness (QED) is 0.440. The van der Waals surface area contributed by atoms with Crippen molar-refractivity contribution < 1.29 is 9.53 Å². The van der Waals surface area contributed by atoms with Gasteiger partial charge in [0, 0.05) is 12.2 Å². The minimum absolute atomic E-state index is 0.0719. The third-order valence-electron chi connectivity index (χ3n) is 4.92. The molecule has 1 atom stereocenters. The Morgan fingerprint density at radius 2 is 1.87 bits per heavy atom. The first-order chi connectivity index (χ1) is 14.9. The lowest BCUT2D eigenvalue weighted by Gasteiger charge is -2.16. The zero-order valence-corrected chi connectivity index (χ0v) is 19.6. The first kappa shape index (κ1) is 22.9. The minimum Gasteiger partial charge on any atom is -0.483 e. The number of amides is 1. The molecule has 0 aliphatic rings. The lowest BCUT2D eigenvalue weighted by atomic mass is 10.0. The van der Waals surface area contributed by atoms with Crippen molar-refractivity contribution in [3.63, 3.8) is 0 Å². The van der Waals surface area contributed by atoms with Gasteiger partial charge in [-0.25, -0.2) is 0 Å². The Kier molecular flexibility index (Phi) is 7.74. The topological polar surface area (TPSA) is 69.0 Å². The van der Waals surface area contributed by atoms with Crippen LogP contribution in [0, 0.1) is 6.92 Å². The fourth-order valence-corrected chi connectivity index (χ4v) is 4.05. The van der Waals surface area contributed by atoms with Crippen molar-refractivity contribution in [2.45, 2.75) is 58.3 Å². The molecule has 0 fully saturated rings. The first-order valence-electron chi connectivity index (χ1n) is 10.6. The van der Waals surface area contributed by atoms with Crippen LogP contribution in [0.2, 0.25) is 0 Å². The molecule has 2 aromatic carbocycles. The second-order valence-electron chi connectivity index (χ2n) is 7.78. The average molecular weight is 439 g/mol. The molecule has 1 amide bonds. The fourth-order valence-electron chi connectivity index (χ4n) is 3.24. The highest BCUT2D eigenvalue weighted by Gasteiger charge is 2.19. The molecule has 0 saturated heterocycles. The van der Waals surface area contributed by atoms with Crippen molar-refractivity contribution >= 4 is 23.4 Å². The molecule has 0 radical (unpaired) electrons. The van der Waals surface area contributed by atoms with Crippen LogP contribution in [0.4, 0.5) is 5.69 Å². The predicted molar refractivity (Wildman–Crippen MR) is 126 cm³/mol. The van der Waals surface area contributed by atoms with Gasteiger partial charge in [-0.3, -0.25) is 4.79 Å². The molecule has 0 spiro atoms. The highest BCUT2D eigenvalue weighted by atomic mass is 32.2. The lowest BCUT2D eigenvalue weighted by Crippen LogP contribution is -2.15. The predicted octanol–water partition coefficient (Wildman–Crippen LogP) is 5.60. The standard InChI is InChI=1S/C24H30N4O2S/c1-6-28-23(18(5)30-21-12-10-19(11-13-21)16(2)3)26-27-24(28)31-15-22(29)25-20-9-7-8-17(4)14-20/h7-14,16,18H,6,15H2,1-5H3,(H,25,29). The van der Waals surface area contributed by atoms with Crippen LogP contribution in [0.5, 0.6) is 5.75 Å². The third-order valence-corrected chi connectivity index (χ3v) is 5.89. The molecular weight excluding hydrogens is 408 g/mol. The molecule has 31 heavy (non-hydrogen) atoms. The number of rotatable bonds is 9. The molecule has 7 heteroatoms. The van der Waals surface area contributed by atoms with Gasteiger partial charge in [-0.1, -0.05) is 49.9 Å². The Morgan fingerprint density at radius 1 is 1.13 bits per heavy atom.